The lowest BCUT2D eigenvalue weighted by Gasteiger charge is -2.14. The van der Waals surface area contributed by atoms with Gasteiger partial charge in [-0.2, -0.15) is 18.3 Å². The Kier molecular flexibility index (Phi) is 8.03. The van der Waals surface area contributed by atoms with Crippen molar-refractivity contribution < 1.29 is 22.8 Å². The molecule has 7 nitrogen and oxygen atoms in total. The fourth-order valence-corrected chi connectivity index (χ4v) is 3.83. The Hall–Kier alpha value is -3.89. The molecule has 1 atom stereocenters. The number of amides is 2. The van der Waals surface area contributed by atoms with Crippen LogP contribution in [0.3, 0.4) is 0 Å². The van der Waals surface area contributed by atoms with Gasteiger partial charge in [-0.15, -0.1) is 0 Å². The standard InChI is InChI=1S/C26H20Cl2F3N5O2/c1-15(17-7-10-23(32-13-17)34-25(38)16-5-8-18(27)9-6-16)24(37)33-14-21-12-22(26(29,30)31)35-36(21)20-4-2-3-19(28)11-20/h2-13,15H,14H2,1H3,(H,33,37)(H,32,34,38). The topological polar surface area (TPSA) is 88.9 Å². The minimum Gasteiger partial charge on any atom is -0.350 e. The van der Waals surface area contributed by atoms with E-state index in [2.05, 4.69) is 20.7 Å². The Balaban J connectivity index is 1.43. The lowest BCUT2D eigenvalue weighted by Crippen LogP contribution is -2.28. The summed E-state index contributed by atoms with van der Waals surface area (Å²) in [6, 6.07) is 16.6. The summed E-state index contributed by atoms with van der Waals surface area (Å²) >= 11 is 11.8. The number of nitrogens with zero attached hydrogens (tertiary/aromatic N) is 3. The van der Waals surface area contributed by atoms with Gasteiger partial charge in [-0.3, -0.25) is 9.59 Å². The van der Waals surface area contributed by atoms with Crippen molar-refractivity contribution in [2.24, 2.45) is 0 Å². The number of rotatable bonds is 7. The summed E-state index contributed by atoms with van der Waals surface area (Å²) in [6.45, 7) is 1.43. The maximum atomic E-state index is 13.3. The van der Waals surface area contributed by atoms with Gasteiger partial charge in [-0.1, -0.05) is 35.3 Å². The zero-order valence-electron chi connectivity index (χ0n) is 19.8. The number of carbonyl (C=O) groups is 2. The third-order valence-electron chi connectivity index (χ3n) is 5.60. The monoisotopic (exact) mass is 561 g/mol. The highest BCUT2D eigenvalue weighted by molar-refractivity contribution is 6.31. The first-order chi connectivity index (χ1) is 18.0. The molecule has 2 aromatic heterocycles. The molecule has 0 aliphatic heterocycles. The van der Waals surface area contributed by atoms with Crippen LogP contribution in [0.5, 0.6) is 0 Å². The van der Waals surface area contributed by atoms with E-state index in [1.807, 2.05) is 0 Å². The van der Waals surface area contributed by atoms with Gasteiger partial charge in [0.2, 0.25) is 5.91 Å². The Morgan fingerprint density at radius 2 is 1.74 bits per heavy atom. The van der Waals surface area contributed by atoms with Crippen molar-refractivity contribution in [3.05, 3.63) is 105 Å². The Morgan fingerprint density at radius 1 is 1.00 bits per heavy atom. The van der Waals surface area contributed by atoms with Crippen molar-refractivity contribution >= 4 is 40.8 Å². The minimum absolute atomic E-state index is 0.124. The van der Waals surface area contributed by atoms with Crippen molar-refractivity contribution in [3.8, 4) is 5.69 Å². The van der Waals surface area contributed by atoms with Crippen LogP contribution in [0.1, 0.15) is 40.2 Å². The SMILES string of the molecule is CC(C(=O)NCc1cc(C(F)(F)F)nn1-c1cccc(Cl)c1)c1ccc(NC(=O)c2ccc(Cl)cc2)nc1. The maximum Gasteiger partial charge on any atom is 0.435 e. The predicted octanol–water partition coefficient (Wildman–Crippen LogP) is 6.27. The highest BCUT2D eigenvalue weighted by Crippen LogP contribution is 2.30. The van der Waals surface area contributed by atoms with Crippen LogP contribution < -0.4 is 10.6 Å². The van der Waals surface area contributed by atoms with Crippen LogP contribution in [-0.2, 0) is 17.5 Å². The molecular formula is C26H20Cl2F3N5O2. The summed E-state index contributed by atoms with van der Waals surface area (Å²) in [5, 5.41) is 9.81. The Morgan fingerprint density at radius 3 is 2.37 bits per heavy atom. The fraction of sp³-hybridized carbons (Fsp3) is 0.154. The molecule has 4 aromatic rings. The van der Waals surface area contributed by atoms with Crippen molar-refractivity contribution in [1.29, 1.82) is 0 Å². The van der Waals surface area contributed by atoms with Gasteiger partial charge < -0.3 is 10.6 Å². The summed E-state index contributed by atoms with van der Waals surface area (Å²) in [5.74, 6) is -1.20. The van der Waals surface area contributed by atoms with Crippen molar-refractivity contribution in [1.82, 2.24) is 20.1 Å². The zero-order valence-corrected chi connectivity index (χ0v) is 21.3. The van der Waals surface area contributed by atoms with Gasteiger partial charge in [-0.05, 0) is 67.1 Å². The van der Waals surface area contributed by atoms with E-state index in [0.717, 1.165) is 10.7 Å². The normalized spacial score (nSPS) is 12.2. The van der Waals surface area contributed by atoms with Crippen LogP contribution in [0.25, 0.3) is 5.69 Å². The Bertz CT molecular complexity index is 1460. The first-order valence-corrected chi connectivity index (χ1v) is 12.0. The quantitative estimate of drug-likeness (QED) is 0.278. The van der Waals surface area contributed by atoms with Gasteiger partial charge in [0, 0.05) is 21.8 Å². The third kappa shape index (κ3) is 6.51. The minimum atomic E-state index is -4.66. The maximum absolute atomic E-state index is 13.3. The molecule has 0 radical (unpaired) electrons. The average Bonchev–Trinajstić information content (AvgIpc) is 3.33. The van der Waals surface area contributed by atoms with Crippen LogP contribution in [0, 0.1) is 0 Å². The van der Waals surface area contributed by atoms with Gasteiger partial charge in [0.1, 0.15) is 5.82 Å². The highest BCUT2D eigenvalue weighted by Gasteiger charge is 2.35. The van der Waals surface area contributed by atoms with Crippen LogP contribution >= 0.6 is 23.2 Å². The van der Waals surface area contributed by atoms with Gasteiger partial charge in [0.05, 0.1) is 23.8 Å². The molecule has 0 spiro atoms. The van der Waals surface area contributed by atoms with Gasteiger partial charge >= 0.3 is 6.18 Å². The van der Waals surface area contributed by atoms with Gasteiger partial charge in [0.25, 0.3) is 5.91 Å². The van der Waals surface area contributed by atoms with Crippen molar-refractivity contribution in [2.75, 3.05) is 5.32 Å². The molecule has 38 heavy (non-hydrogen) atoms. The molecular weight excluding hydrogens is 542 g/mol. The molecule has 0 saturated heterocycles. The number of halogens is 5. The number of nitrogens with one attached hydrogen (secondary N) is 2. The molecule has 2 heterocycles. The molecule has 0 aliphatic rings. The first kappa shape index (κ1) is 27.2. The number of benzene rings is 2. The number of hydrogen-bond acceptors (Lipinski definition) is 4. The Labute approximate surface area is 225 Å². The van der Waals surface area contributed by atoms with Gasteiger partial charge in [-0.25, -0.2) is 9.67 Å². The van der Waals surface area contributed by atoms with E-state index in [9.17, 15) is 22.8 Å². The summed E-state index contributed by atoms with van der Waals surface area (Å²) in [5.41, 5.74) is 0.310. The fourth-order valence-electron chi connectivity index (χ4n) is 3.52. The van der Waals surface area contributed by atoms with E-state index in [0.29, 0.717) is 26.9 Å². The molecule has 0 saturated carbocycles. The number of hydrogen-bond donors (Lipinski definition) is 2. The molecule has 2 aromatic carbocycles. The van der Waals surface area contributed by atoms with E-state index >= 15 is 0 Å². The van der Waals surface area contributed by atoms with Crippen LogP contribution in [0.15, 0.2) is 72.9 Å². The summed E-state index contributed by atoms with van der Waals surface area (Å²) < 4.78 is 41.1. The largest absolute Gasteiger partial charge is 0.435 e. The summed E-state index contributed by atoms with van der Waals surface area (Å²) in [4.78, 5) is 29.3. The molecule has 1 unspecified atom stereocenters. The van der Waals surface area contributed by atoms with Crippen LogP contribution in [-0.4, -0.2) is 26.6 Å². The third-order valence-corrected chi connectivity index (χ3v) is 6.08. The van der Waals surface area contributed by atoms with E-state index in [4.69, 9.17) is 23.2 Å². The number of carbonyl (C=O) groups excluding carboxylic acids is 2. The second kappa shape index (κ2) is 11.2. The molecule has 2 amide bonds. The molecule has 0 aliphatic carbocycles. The van der Waals surface area contributed by atoms with Crippen LogP contribution in [0.2, 0.25) is 10.0 Å². The lowest BCUT2D eigenvalue weighted by atomic mass is 10.0. The average molecular weight is 562 g/mol. The van der Waals surface area contributed by atoms with E-state index in [1.54, 1.807) is 61.5 Å². The van der Waals surface area contributed by atoms with E-state index in [-0.39, 0.29) is 24.0 Å². The second-order valence-corrected chi connectivity index (χ2v) is 9.16. The molecule has 0 bridgehead atoms. The number of alkyl halides is 3. The molecule has 12 heteroatoms. The summed E-state index contributed by atoms with van der Waals surface area (Å²) in [7, 11) is 0. The summed E-state index contributed by atoms with van der Waals surface area (Å²) in [6.07, 6.45) is -3.22. The molecule has 196 valence electrons. The molecule has 0 fully saturated rings. The zero-order chi connectivity index (χ0) is 27.4. The highest BCUT2D eigenvalue weighted by atomic mass is 35.5. The lowest BCUT2D eigenvalue weighted by molar-refractivity contribution is -0.141. The molecule has 2 N–H and O–H groups in total. The first-order valence-electron chi connectivity index (χ1n) is 11.2. The van der Waals surface area contributed by atoms with E-state index in [1.165, 1.54) is 12.3 Å². The predicted molar refractivity (Wildman–Crippen MR) is 137 cm³/mol. The van der Waals surface area contributed by atoms with Crippen molar-refractivity contribution in [3.63, 3.8) is 0 Å². The number of anilines is 1. The van der Waals surface area contributed by atoms with Crippen LogP contribution in [0.4, 0.5) is 19.0 Å². The van der Waals surface area contributed by atoms with Crippen molar-refractivity contribution in [2.45, 2.75) is 25.6 Å². The number of pyridine rings is 1. The van der Waals surface area contributed by atoms with Gasteiger partial charge in [0.15, 0.2) is 5.69 Å². The smallest absolute Gasteiger partial charge is 0.350 e. The molecule has 4 rings (SSSR count). The second-order valence-electron chi connectivity index (χ2n) is 8.29. The van der Waals surface area contributed by atoms with E-state index < -0.39 is 23.7 Å². The number of aromatic nitrogens is 3.